The number of nitrogens with one attached hydrogen (secondary N) is 1. The lowest BCUT2D eigenvalue weighted by atomic mass is 10.0. The van der Waals surface area contributed by atoms with Crippen molar-refractivity contribution in [2.75, 3.05) is 13.2 Å². The SMILES string of the molecule is N#Cc1cc2c([nH]c1=O)CCN(C(=O)COc1ccc(Cl)cc1)C2. The molecule has 3 rings (SSSR count). The number of carbonyl (C=O) groups excluding carboxylic acids is 1. The van der Waals surface area contributed by atoms with Crippen LogP contribution in [0.2, 0.25) is 5.02 Å². The Morgan fingerprint density at radius 1 is 1.38 bits per heavy atom. The number of hydrogen-bond acceptors (Lipinski definition) is 4. The van der Waals surface area contributed by atoms with Crippen molar-refractivity contribution < 1.29 is 9.53 Å². The number of carbonyl (C=O) groups is 1. The highest BCUT2D eigenvalue weighted by molar-refractivity contribution is 6.30. The second kappa shape index (κ2) is 6.77. The van der Waals surface area contributed by atoms with Crippen molar-refractivity contribution in [3.63, 3.8) is 0 Å². The van der Waals surface area contributed by atoms with Gasteiger partial charge in [-0.25, -0.2) is 0 Å². The fraction of sp³-hybridized carbons (Fsp3) is 0.235. The molecule has 1 aliphatic heterocycles. The Bertz CT molecular complexity index is 868. The first-order valence-electron chi connectivity index (χ1n) is 7.38. The third-order valence-corrected chi connectivity index (χ3v) is 4.11. The lowest BCUT2D eigenvalue weighted by Gasteiger charge is -2.28. The van der Waals surface area contributed by atoms with E-state index in [2.05, 4.69) is 4.98 Å². The minimum absolute atomic E-state index is 0.0560. The van der Waals surface area contributed by atoms with E-state index in [9.17, 15) is 9.59 Å². The number of benzene rings is 1. The van der Waals surface area contributed by atoms with Gasteiger partial charge in [-0.15, -0.1) is 0 Å². The second-order valence-corrected chi connectivity index (χ2v) is 5.87. The van der Waals surface area contributed by atoms with Gasteiger partial charge in [0.2, 0.25) is 0 Å². The normalized spacial score (nSPS) is 13.1. The molecule has 24 heavy (non-hydrogen) atoms. The van der Waals surface area contributed by atoms with E-state index in [-0.39, 0.29) is 23.6 Å². The molecule has 0 spiro atoms. The molecule has 0 fully saturated rings. The molecule has 2 aromatic rings. The fourth-order valence-corrected chi connectivity index (χ4v) is 2.70. The summed E-state index contributed by atoms with van der Waals surface area (Å²) in [6.45, 7) is 0.771. The van der Waals surface area contributed by atoms with Gasteiger partial charge in [0.05, 0.1) is 0 Å². The van der Waals surface area contributed by atoms with E-state index in [0.717, 1.165) is 11.3 Å². The van der Waals surface area contributed by atoms with Crippen LogP contribution in [0.15, 0.2) is 35.1 Å². The van der Waals surface area contributed by atoms with E-state index in [1.54, 1.807) is 35.2 Å². The van der Waals surface area contributed by atoms with E-state index in [1.165, 1.54) is 0 Å². The summed E-state index contributed by atoms with van der Waals surface area (Å²) in [5.74, 6) is 0.418. The number of ether oxygens (including phenoxy) is 1. The van der Waals surface area contributed by atoms with Crippen LogP contribution in [-0.2, 0) is 17.8 Å². The summed E-state index contributed by atoms with van der Waals surface area (Å²) < 4.78 is 5.47. The third-order valence-electron chi connectivity index (χ3n) is 3.86. The van der Waals surface area contributed by atoms with E-state index in [1.807, 2.05) is 6.07 Å². The van der Waals surface area contributed by atoms with Gasteiger partial charge in [-0.1, -0.05) is 11.6 Å². The predicted octanol–water partition coefficient (Wildman–Crippen LogP) is 1.86. The number of nitriles is 1. The number of aromatic nitrogens is 1. The fourth-order valence-electron chi connectivity index (χ4n) is 2.57. The molecule has 1 aromatic heterocycles. The zero-order valence-corrected chi connectivity index (χ0v) is 13.5. The Balaban J connectivity index is 1.66. The summed E-state index contributed by atoms with van der Waals surface area (Å²) in [5, 5.41) is 9.55. The van der Waals surface area contributed by atoms with Crippen molar-refractivity contribution in [1.82, 2.24) is 9.88 Å². The average molecular weight is 344 g/mol. The van der Waals surface area contributed by atoms with Gasteiger partial charge in [0.1, 0.15) is 17.4 Å². The predicted molar refractivity (Wildman–Crippen MR) is 87.8 cm³/mol. The molecule has 1 amide bonds. The Hall–Kier alpha value is -2.78. The molecule has 1 aliphatic rings. The number of fused-ring (bicyclic) bond motifs is 1. The number of nitrogens with zero attached hydrogens (tertiary/aromatic N) is 2. The van der Waals surface area contributed by atoms with E-state index >= 15 is 0 Å². The van der Waals surface area contributed by atoms with Crippen LogP contribution in [0.25, 0.3) is 0 Å². The Kier molecular flexibility index (Phi) is 4.54. The summed E-state index contributed by atoms with van der Waals surface area (Å²) in [6, 6.07) is 10.2. The summed E-state index contributed by atoms with van der Waals surface area (Å²) in [4.78, 5) is 28.3. The molecule has 0 radical (unpaired) electrons. The summed E-state index contributed by atoms with van der Waals surface area (Å²) in [6.07, 6.45) is 0.545. The van der Waals surface area contributed by atoms with Crippen molar-refractivity contribution in [2.45, 2.75) is 13.0 Å². The molecular formula is C17H14ClN3O3. The zero-order chi connectivity index (χ0) is 17.1. The molecule has 1 aromatic carbocycles. The number of H-pyrrole nitrogens is 1. The first kappa shape index (κ1) is 16.1. The largest absolute Gasteiger partial charge is 0.484 e. The van der Waals surface area contributed by atoms with Gasteiger partial charge < -0.3 is 14.6 Å². The lowest BCUT2D eigenvalue weighted by Crippen LogP contribution is -2.39. The van der Waals surface area contributed by atoms with Crippen molar-refractivity contribution in [1.29, 1.82) is 5.26 Å². The maximum Gasteiger partial charge on any atom is 0.266 e. The molecule has 0 bridgehead atoms. The summed E-state index contributed by atoms with van der Waals surface area (Å²) >= 11 is 5.80. The monoisotopic (exact) mass is 343 g/mol. The minimum atomic E-state index is -0.387. The molecular weight excluding hydrogens is 330 g/mol. The molecule has 6 nitrogen and oxygen atoms in total. The molecule has 1 N–H and O–H groups in total. The first-order chi connectivity index (χ1) is 11.6. The average Bonchev–Trinajstić information content (AvgIpc) is 2.60. The van der Waals surface area contributed by atoms with Gasteiger partial charge in [0, 0.05) is 30.2 Å². The number of amides is 1. The van der Waals surface area contributed by atoms with Gasteiger partial charge in [-0.2, -0.15) is 5.26 Å². The van der Waals surface area contributed by atoms with E-state index in [4.69, 9.17) is 21.6 Å². The molecule has 0 saturated heterocycles. The third kappa shape index (κ3) is 3.42. The van der Waals surface area contributed by atoms with Crippen LogP contribution in [0.3, 0.4) is 0 Å². The maximum atomic E-state index is 12.3. The molecule has 7 heteroatoms. The van der Waals surface area contributed by atoms with Gasteiger partial charge in [-0.3, -0.25) is 9.59 Å². The first-order valence-corrected chi connectivity index (χ1v) is 7.76. The number of aromatic amines is 1. The number of halogens is 1. The van der Waals surface area contributed by atoms with Crippen LogP contribution in [0.1, 0.15) is 16.8 Å². The van der Waals surface area contributed by atoms with Gasteiger partial charge in [0.25, 0.3) is 11.5 Å². The molecule has 0 aliphatic carbocycles. The number of hydrogen-bond donors (Lipinski definition) is 1. The number of rotatable bonds is 3. The standard InChI is InChI=1S/C17H14ClN3O3/c18-13-1-3-14(4-2-13)24-10-16(22)21-6-5-15-12(9-21)7-11(8-19)17(23)20-15/h1-4,7H,5-6,9-10H2,(H,20,23). The topological polar surface area (TPSA) is 86.2 Å². The maximum absolute atomic E-state index is 12.3. The van der Waals surface area contributed by atoms with Crippen molar-refractivity contribution in [3.8, 4) is 11.8 Å². The zero-order valence-electron chi connectivity index (χ0n) is 12.7. The Morgan fingerprint density at radius 3 is 2.83 bits per heavy atom. The quantitative estimate of drug-likeness (QED) is 0.921. The molecule has 0 saturated carbocycles. The summed E-state index contributed by atoms with van der Waals surface area (Å²) in [7, 11) is 0. The van der Waals surface area contributed by atoms with Gasteiger partial charge in [-0.05, 0) is 35.9 Å². The smallest absolute Gasteiger partial charge is 0.266 e. The highest BCUT2D eigenvalue weighted by atomic mass is 35.5. The van der Waals surface area contributed by atoms with Crippen molar-refractivity contribution in [3.05, 3.63) is 62.5 Å². The van der Waals surface area contributed by atoms with Gasteiger partial charge >= 0.3 is 0 Å². The lowest BCUT2D eigenvalue weighted by molar-refractivity contribution is -0.134. The van der Waals surface area contributed by atoms with Gasteiger partial charge in [0.15, 0.2) is 6.61 Å². The van der Waals surface area contributed by atoms with Crippen LogP contribution < -0.4 is 10.3 Å². The summed E-state index contributed by atoms with van der Waals surface area (Å²) in [5.41, 5.74) is 1.24. The van der Waals surface area contributed by atoms with E-state index in [0.29, 0.717) is 30.3 Å². The number of pyridine rings is 1. The van der Waals surface area contributed by atoms with E-state index < -0.39 is 0 Å². The molecule has 122 valence electrons. The second-order valence-electron chi connectivity index (χ2n) is 5.44. The van der Waals surface area contributed by atoms with Crippen molar-refractivity contribution >= 4 is 17.5 Å². The van der Waals surface area contributed by atoms with Crippen LogP contribution in [0.4, 0.5) is 0 Å². The Labute approximate surface area is 143 Å². The van der Waals surface area contributed by atoms with Crippen LogP contribution in [0.5, 0.6) is 5.75 Å². The molecule has 0 unspecified atom stereocenters. The van der Waals surface area contributed by atoms with Crippen LogP contribution in [0, 0.1) is 11.3 Å². The Morgan fingerprint density at radius 2 is 2.12 bits per heavy atom. The minimum Gasteiger partial charge on any atom is -0.484 e. The highest BCUT2D eigenvalue weighted by Gasteiger charge is 2.22. The van der Waals surface area contributed by atoms with Crippen LogP contribution >= 0.6 is 11.6 Å². The molecule has 2 heterocycles. The van der Waals surface area contributed by atoms with Crippen molar-refractivity contribution in [2.24, 2.45) is 0 Å². The van der Waals surface area contributed by atoms with Crippen LogP contribution in [-0.4, -0.2) is 28.9 Å². The molecule has 0 atom stereocenters. The highest BCUT2D eigenvalue weighted by Crippen LogP contribution is 2.18.